The van der Waals surface area contributed by atoms with Crippen molar-refractivity contribution in [3.05, 3.63) is 41.7 Å². The van der Waals surface area contributed by atoms with Crippen molar-refractivity contribution in [3.63, 3.8) is 0 Å². The predicted molar refractivity (Wildman–Crippen MR) is 120 cm³/mol. The minimum Gasteiger partial charge on any atom is -0.398 e. The third-order valence-corrected chi connectivity index (χ3v) is 4.73. The van der Waals surface area contributed by atoms with E-state index in [2.05, 4.69) is 25.9 Å². The number of hydrogen-bond acceptors (Lipinski definition) is 7. The maximum Gasteiger partial charge on any atom is 0.226 e. The van der Waals surface area contributed by atoms with Crippen LogP contribution in [0.15, 0.2) is 41.2 Å². The maximum absolute atomic E-state index is 12.1. The van der Waals surface area contributed by atoms with Gasteiger partial charge in [-0.3, -0.25) is 14.8 Å². The van der Waals surface area contributed by atoms with Gasteiger partial charge in [-0.2, -0.15) is 0 Å². The van der Waals surface area contributed by atoms with Gasteiger partial charge in [0.1, 0.15) is 0 Å². The molecule has 0 radical (unpaired) electrons. The minimum absolute atomic E-state index is 0.0105. The molecule has 6 N–H and O–H groups in total. The van der Waals surface area contributed by atoms with Crippen molar-refractivity contribution in [1.82, 2.24) is 4.98 Å². The topological polar surface area (TPSA) is 128 Å². The summed E-state index contributed by atoms with van der Waals surface area (Å²) >= 11 is 0. The van der Waals surface area contributed by atoms with E-state index in [9.17, 15) is 4.79 Å². The summed E-state index contributed by atoms with van der Waals surface area (Å²) < 4.78 is 0. The number of carbonyl (C=O) groups is 1. The van der Waals surface area contributed by atoms with E-state index in [4.69, 9.17) is 11.1 Å². The van der Waals surface area contributed by atoms with E-state index >= 15 is 0 Å². The number of amides is 1. The van der Waals surface area contributed by atoms with Crippen LogP contribution in [-0.2, 0) is 4.79 Å². The number of carbonyl (C=O) groups excluding carboxylic acids is 1. The van der Waals surface area contributed by atoms with Gasteiger partial charge in [-0.25, -0.2) is 0 Å². The Morgan fingerprint density at radius 2 is 2.21 bits per heavy atom. The molecule has 0 bridgehead atoms. The van der Waals surface area contributed by atoms with Crippen molar-refractivity contribution < 1.29 is 4.79 Å². The molecule has 2 aromatic rings. The molecule has 150 valence electrons. The Labute approximate surface area is 169 Å². The van der Waals surface area contributed by atoms with Crippen LogP contribution >= 0.6 is 0 Å². The summed E-state index contributed by atoms with van der Waals surface area (Å²) in [6, 6.07) is 5.84. The average Bonchev–Trinajstić information content (AvgIpc) is 2.86. The maximum atomic E-state index is 12.1. The van der Waals surface area contributed by atoms with E-state index in [1.165, 1.54) is 6.21 Å². The van der Waals surface area contributed by atoms with Gasteiger partial charge in [0.15, 0.2) is 0 Å². The van der Waals surface area contributed by atoms with Crippen molar-refractivity contribution in [2.45, 2.75) is 19.4 Å². The van der Waals surface area contributed by atoms with E-state index in [0.717, 1.165) is 28.1 Å². The smallest absolute Gasteiger partial charge is 0.226 e. The SMILES string of the molecule is CN=CC(C=N)=C(N)c1cc(-c2cncc3c2N[C@H](C)CC(=O)N3)ccc1NC. The zero-order chi connectivity index (χ0) is 21.0. The number of aromatic nitrogens is 1. The molecule has 0 saturated carbocycles. The van der Waals surface area contributed by atoms with Gasteiger partial charge in [0.05, 0.1) is 23.3 Å². The lowest BCUT2D eigenvalue weighted by Gasteiger charge is -2.18. The van der Waals surface area contributed by atoms with E-state index < -0.39 is 0 Å². The van der Waals surface area contributed by atoms with Gasteiger partial charge in [-0.1, -0.05) is 6.07 Å². The molecule has 1 aliphatic rings. The third kappa shape index (κ3) is 4.11. The van der Waals surface area contributed by atoms with Crippen molar-refractivity contribution in [2.75, 3.05) is 30.0 Å². The van der Waals surface area contributed by atoms with E-state index in [1.807, 2.05) is 32.2 Å². The molecule has 0 unspecified atom stereocenters. The largest absolute Gasteiger partial charge is 0.398 e. The second kappa shape index (κ2) is 8.55. The second-order valence-electron chi connectivity index (χ2n) is 6.82. The second-order valence-corrected chi connectivity index (χ2v) is 6.82. The van der Waals surface area contributed by atoms with Gasteiger partial charge in [0.25, 0.3) is 0 Å². The fraction of sp³-hybridized carbons (Fsp3) is 0.238. The Bertz CT molecular complexity index is 1010. The first-order valence-electron chi connectivity index (χ1n) is 9.27. The highest BCUT2D eigenvalue weighted by molar-refractivity contribution is 6.11. The highest BCUT2D eigenvalue weighted by Crippen LogP contribution is 2.37. The molecule has 29 heavy (non-hydrogen) atoms. The summed E-state index contributed by atoms with van der Waals surface area (Å²) in [6.45, 7) is 1.97. The molecule has 0 fully saturated rings. The van der Waals surface area contributed by atoms with Gasteiger partial charge in [-0.15, -0.1) is 0 Å². The molecule has 1 amide bonds. The number of nitrogens with zero attached hydrogens (tertiary/aromatic N) is 2. The Balaban J connectivity index is 2.18. The normalized spacial score (nSPS) is 16.9. The zero-order valence-electron chi connectivity index (χ0n) is 16.7. The fourth-order valence-electron chi connectivity index (χ4n) is 3.34. The Kier molecular flexibility index (Phi) is 5.92. The van der Waals surface area contributed by atoms with Gasteiger partial charge in [0, 0.05) is 67.6 Å². The summed E-state index contributed by atoms with van der Waals surface area (Å²) in [5.41, 5.74) is 12.1. The Hall–Kier alpha value is -3.68. The van der Waals surface area contributed by atoms with Gasteiger partial charge in [0.2, 0.25) is 5.91 Å². The lowest BCUT2D eigenvalue weighted by atomic mass is 9.98. The molecule has 2 heterocycles. The van der Waals surface area contributed by atoms with Crippen molar-refractivity contribution in [3.8, 4) is 11.1 Å². The van der Waals surface area contributed by atoms with Gasteiger partial charge < -0.3 is 27.1 Å². The monoisotopic (exact) mass is 391 g/mol. The Morgan fingerprint density at radius 1 is 1.41 bits per heavy atom. The number of allylic oxidation sites excluding steroid dienone is 1. The van der Waals surface area contributed by atoms with Crippen molar-refractivity contribution in [1.29, 1.82) is 5.41 Å². The molecule has 1 aromatic carbocycles. The lowest BCUT2D eigenvalue weighted by Crippen LogP contribution is -2.19. The van der Waals surface area contributed by atoms with Crippen LogP contribution in [0.2, 0.25) is 0 Å². The van der Waals surface area contributed by atoms with Crippen LogP contribution in [0.25, 0.3) is 16.8 Å². The van der Waals surface area contributed by atoms with Crippen LogP contribution in [0.1, 0.15) is 18.9 Å². The van der Waals surface area contributed by atoms with Crippen LogP contribution in [-0.4, -0.2) is 43.5 Å². The molecule has 0 spiro atoms. The number of hydrogen-bond donors (Lipinski definition) is 5. The molecule has 0 aliphatic carbocycles. The molecular formula is C21H25N7O. The summed E-state index contributed by atoms with van der Waals surface area (Å²) in [5.74, 6) is -0.0458. The van der Waals surface area contributed by atoms with Crippen LogP contribution in [0.4, 0.5) is 17.1 Å². The number of pyridine rings is 1. The molecule has 8 heteroatoms. The summed E-state index contributed by atoms with van der Waals surface area (Å²) in [7, 11) is 3.46. The van der Waals surface area contributed by atoms with Crippen LogP contribution in [0.3, 0.4) is 0 Å². The van der Waals surface area contributed by atoms with E-state index in [-0.39, 0.29) is 11.9 Å². The molecular weight excluding hydrogens is 366 g/mol. The van der Waals surface area contributed by atoms with Gasteiger partial charge in [-0.05, 0) is 24.6 Å². The Morgan fingerprint density at radius 3 is 2.90 bits per heavy atom. The van der Waals surface area contributed by atoms with E-state index in [0.29, 0.717) is 23.4 Å². The van der Waals surface area contributed by atoms with Crippen molar-refractivity contribution in [2.24, 2.45) is 10.7 Å². The molecule has 1 atom stereocenters. The number of nitrogens with two attached hydrogens (primary N) is 1. The first-order chi connectivity index (χ1) is 14.0. The lowest BCUT2D eigenvalue weighted by molar-refractivity contribution is -0.116. The van der Waals surface area contributed by atoms with Crippen LogP contribution < -0.4 is 21.7 Å². The third-order valence-electron chi connectivity index (χ3n) is 4.73. The predicted octanol–water partition coefficient (Wildman–Crippen LogP) is 2.95. The molecule has 3 rings (SSSR count). The average molecular weight is 391 g/mol. The molecule has 1 aliphatic heterocycles. The first-order valence-corrected chi connectivity index (χ1v) is 9.27. The number of benzene rings is 1. The van der Waals surface area contributed by atoms with Crippen LogP contribution in [0.5, 0.6) is 0 Å². The highest BCUT2D eigenvalue weighted by atomic mass is 16.1. The molecule has 0 saturated heterocycles. The summed E-state index contributed by atoms with van der Waals surface area (Å²) in [6.07, 6.45) is 6.53. The quantitative estimate of drug-likeness (QED) is 0.501. The number of aliphatic imine (C=N–C) groups is 1. The fourth-order valence-corrected chi connectivity index (χ4v) is 3.34. The van der Waals surface area contributed by atoms with Gasteiger partial charge >= 0.3 is 0 Å². The minimum atomic E-state index is -0.0458. The summed E-state index contributed by atoms with van der Waals surface area (Å²) in [4.78, 5) is 20.3. The molecule has 1 aromatic heterocycles. The van der Waals surface area contributed by atoms with Crippen LogP contribution in [0, 0.1) is 5.41 Å². The number of rotatable bonds is 5. The zero-order valence-corrected chi connectivity index (χ0v) is 16.7. The molecule has 8 nitrogen and oxygen atoms in total. The highest BCUT2D eigenvalue weighted by Gasteiger charge is 2.21. The summed E-state index contributed by atoms with van der Waals surface area (Å²) in [5, 5.41) is 17.1. The number of fused-ring (bicyclic) bond motifs is 1. The van der Waals surface area contributed by atoms with E-state index in [1.54, 1.807) is 25.7 Å². The first kappa shape index (κ1) is 20.1. The standard InChI is InChI=1S/C21H25N7O/c1-12-6-19(29)28-18-11-26-10-16(21(18)27-12)13-4-5-17(25-3)15(7-13)20(23)14(8-22)9-24-2/h4-5,7-12,22,25,27H,6,23H2,1-3H3,(H,28,29)/t12-/m1/s1. The number of nitrogens with one attached hydrogen (secondary N) is 4. The van der Waals surface area contributed by atoms with Crippen molar-refractivity contribution >= 4 is 41.1 Å². The number of anilines is 3.